The van der Waals surface area contributed by atoms with Gasteiger partial charge in [0, 0.05) is 5.44 Å². The second kappa shape index (κ2) is 2.55. The maximum atomic E-state index is 9.36. The Balaban J connectivity index is 2.52. The van der Waals surface area contributed by atoms with Gasteiger partial charge in [0.25, 0.3) is 0 Å². The summed E-state index contributed by atoms with van der Waals surface area (Å²) < 4.78 is 0. The Bertz CT molecular complexity index is 127. The van der Waals surface area contributed by atoms with Gasteiger partial charge in [-0.05, 0) is 25.2 Å². The van der Waals surface area contributed by atoms with Crippen molar-refractivity contribution in [3.05, 3.63) is 0 Å². The monoisotopic (exact) mass is 139 g/mol. The van der Waals surface area contributed by atoms with Crippen LogP contribution in [-0.2, 0) is 0 Å². The lowest BCUT2D eigenvalue weighted by molar-refractivity contribution is 0.0670. The van der Waals surface area contributed by atoms with E-state index in [9.17, 15) is 5.11 Å². The Hall–Kier alpha value is -0.0151. The van der Waals surface area contributed by atoms with E-state index in [0.717, 1.165) is 19.3 Å². The molecule has 3 unspecified atom stereocenters. The summed E-state index contributed by atoms with van der Waals surface area (Å²) in [5.41, 5.74) is 4.78. The van der Waals surface area contributed by atoms with Gasteiger partial charge in [-0.3, -0.25) is 0 Å². The van der Waals surface area contributed by atoms with Gasteiger partial charge in [0.05, 0.1) is 14.0 Å². The molecule has 3 heteroatoms. The van der Waals surface area contributed by atoms with E-state index in [4.69, 9.17) is 13.6 Å². The highest BCUT2D eigenvalue weighted by molar-refractivity contribution is 6.15. The van der Waals surface area contributed by atoms with E-state index < -0.39 is 11.5 Å². The molecular weight excluding hydrogens is 125 g/mol. The van der Waals surface area contributed by atoms with Gasteiger partial charge in [0.15, 0.2) is 0 Å². The molecule has 56 valence electrons. The van der Waals surface area contributed by atoms with Crippen LogP contribution in [0.2, 0.25) is 0 Å². The van der Waals surface area contributed by atoms with Crippen molar-refractivity contribution in [2.24, 2.45) is 11.7 Å². The fourth-order valence-corrected chi connectivity index (χ4v) is 1.38. The third-order valence-corrected chi connectivity index (χ3v) is 2.32. The summed E-state index contributed by atoms with van der Waals surface area (Å²) in [6.07, 6.45) is 1.99. The van der Waals surface area contributed by atoms with Crippen LogP contribution in [0.5, 0.6) is 0 Å². The van der Waals surface area contributed by atoms with Crippen LogP contribution >= 0.6 is 0 Å². The Morgan fingerprint density at radius 3 is 2.70 bits per heavy atom. The number of nitrogens with two attached hydrogens (primary N) is 1. The Labute approximate surface area is 63.2 Å². The van der Waals surface area contributed by atoms with E-state index in [0.29, 0.717) is 5.92 Å². The van der Waals surface area contributed by atoms with Crippen LogP contribution in [0.15, 0.2) is 0 Å². The molecule has 10 heavy (non-hydrogen) atoms. The van der Waals surface area contributed by atoms with Crippen molar-refractivity contribution in [3.8, 4) is 0 Å². The first kappa shape index (κ1) is 8.09. The average Bonchev–Trinajstić information content (AvgIpc) is 1.81. The van der Waals surface area contributed by atoms with Crippen LogP contribution in [0.4, 0.5) is 0 Å². The van der Waals surface area contributed by atoms with Gasteiger partial charge in [-0.15, -0.1) is 0 Å². The molecule has 1 aliphatic carbocycles. The fraction of sp³-hybridized carbons (Fsp3) is 1.00. The highest BCUT2D eigenvalue weighted by Gasteiger charge is 2.33. The molecule has 0 heterocycles. The second-order valence-corrected chi connectivity index (χ2v) is 3.51. The highest BCUT2D eigenvalue weighted by Crippen LogP contribution is 2.27. The molecule has 0 spiro atoms. The quantitative estimate of drug-likeness (QED) is 0.463. The molecule has 1 saturated carbocycles. The molecule has 0 saturated heterocycles. The van der Waals surface area contributed by atoms with Crippen LogP contribution < -0.4 is 5.73 Å². The van der Waals surface area contributed by atoms with Crippen molar-refractivity contribution in [3.63, 3.8) is 0 Å². The zero-order valence-electron chi connectivity index (χ0n) is 6.38. The molecule has 3 N–H and O–H groups in total. The van der Waals surface area contributed by atoms with Crippen LogP contribution in [0.3, 0.4) is 0 Å². The Kier molecular flexibility index (Phi) is 2.06. The first-order chi connectivity index (χ1) is 4.52. The summed E-state index contributed by atoms with van der Waals surface area (Å²) in [5, 5.41) is 9.36. The Morgan fingerprint density at radius 2 is 2.30 bits per heavy atom. The first-order valence-electron chi connectivity index (χ1n) is 3.78. The molecule has 2 radical (unpaired) electrons. The van der Waals surface area contributed by atoms with E-state index in [-0.39, 0.29) is 0 Å². The fourth-order valence-electron chi connectivity index (χ4n) is 1.38. The van der Waals surface area contributed by atoms with Crippen LogP contribution in [0.25, 0.3) is 0 Å². The van der Waals surface area contributed by atoms with Gasteiger partial charge in [-0.25, -0.2) is 0 Å². The number of aliphatic hydroxyl groups is 1. The molecular formula is C7H14BNO. The standard InChI is InChI=1S/C7H14BNO/c1-5-2-3-7(8,9)6(10)4-5/h5-6,10H,2-4,9H2,1H3. The average molecular weight is 139 g/mol. The summed E-state index contributed by atoms with van der Waals surface area (Å²) in [7, 11) is 5.61. The summed E-state index contributed by atoms with van der Waals surface area (Å²) in [6.45, 7) is 2.11. The SMILES string of the molecule is [B]C1(N)CCC(C)CC1O. The van der Waals surface area contributed by atoms with Gasteiger partial charge in [-0.2, -0.15) is 0 Å². The maximum absolute atomic E-state index is 9.36. The van der Waals surface area contributed by atoms with Crippen molar-refractivity contribution in [1.29, 1.82) is 0 Å². The molecule has 0 aromatic carbocycles. The van der Waals surface area contributed by atoms with Gasteiger partial charge < -0.3 is 10.8 Å². The third-order valence-electron chi connectivity index (χ3n) is 2.32. The third kappa shape index (κ3) is 1.52. The molecule has 0 amide bonds. The molecule has 0 aromatic heterocycles. The first-order valence-corrected chi connectivity index (χ1v) is 3.78. The minimum Gasteiger partial charge on any atom is -0.392 e. The molecule has 1 rings (SSSR count). The summed E-state index contributed by atoms with van der Waals surface area (Å²) in [4.78, 5) is 0. The zero-order valence-corrected chi connectivity index (χ0v) is 6.38. The van der Waals surface area contributed by atoms with E-state index in [1.54, 1.807) is 0 Å². The number of hydrogen-bond donors (Lipinski definition) is 2. The number of aliphatic hydroxyl groups excluding tert-OH is 1. The van der Waals surface area contributed by atoms with E-state index >= 15 is 0 Å². The van der Waals surface area contributed by atoms with E-state index in [2.05, 4.69) is 6.92 Å². The lowest BCUT2D eigenvalue weighted by atomic mass is 9.64. The predicted molar refractivity (Wildman–Crippen MR) is 41.7 cm³/mol. The van der Waals surface area contributed by atoms with Gasteiger partial charge in [0.2, 0.25) is 0 Å². The molecule has 2 nitrogen and oxygen atoms in total. The van der Waals surface area contributed by atoms with E-state index in [1.807, 2.05) is 0 Å². The summed E-state index contributed by atoms with van der Waals surface area (Å²) in [6, 6.07) is 0. The lowest BCUT2D eigenvalue weighted by Crippen LogP contribution is -2.54. The molecule has 1 fully saturated rings. The molecule has 0 bridgehead atoms. The smallest absolute Gasteiger partial charge is 0.0986 e. The predicted octanol–water partition coefficient (Wildman–Crippen LogP) is -0.00920. The number of rotatable bonds is 0. The molecule has 3 atom stereocenters. The number of hydrogen-bond acceptors (Lipinski definition) is 2. The van der Waals surface area contributed by atoms with Crippen molar-refractivity contribution < 1.29 is 5.11 Å². The van der Waals surface area contributed by atoms with Crippen molar-refractivity contribution in [2.45, 2.75) is 37.7 Å². The molecule has 0 aromatic rings. The lowest BCUT2D eigenvalue weighted by Gasteiger charge is -2.38. The van der Waals surface area contributed by atoms with Crippen molar-refractivity contribution >= 4 is 7.85 Å². The zero-order chi connectivity index (χ0) is 7.78. The Morgan fingerprint density at radius 1 is 1.70 bits per heavy atom. The van der Waals surface area contributed by atoms with Gasteiger partial charge in [-0.1, -0.05) is 6.92 Å². The van der Waals surface area contributed by atoms with Crippen molar-refractivity contribution in [1.82, 2.24) is 0 Å². The van der Waals surface area contributed by atoms with Crippen LogP contribution in [0, 0.1) is 5.92 Å². The van der Waals surface area contributed by atoms with Gasteiger partial charge in [0.1, 0.15) is 0 Å². The minimum absolute atomic E-state index is 0.517. The maximum Gasteiger partial charge on any atom is 0.0986 e. The highest BCUT2D eigenvalue weighted by atomic mass is 16.3. The second-order valence-electron chi connectivity index (χ2n) is 3.51. The summed E-state index contributed by atoms with van der Waals surface area (Å²) in [5.74, 6) is 0.565. The normalized spacial score (nSPS) is 49.1. The molecule has 1 aliphatic rings. The molecule has 0 aliphatic heterocycles. The topological polar surface area (TPSA) is 46.2 Å². The largest absolute Gasteiger partial charge is 0.392 e. The van der Waals surface area contributed by atoms with Crippen LogP contribution in [0.1, 0.15) is 26.2 Å². The summed E-state index contributed by atoms with van der Waals surface area (Å²) >= 11 is 0. The van der Waals surface area contributed by atoms with Gasteiger partial charge >= 0.3 is 0 Å². The van der Waals surface area contributed by atoms with Crippen molar-refractivity contribution in [2.75, 3.05) is 0 Å². The van der Waals surface area contributed by atoms with E-state index in [1.165, 1.54) is 0 Å². The minimum atomic E-state index is -0.827. The van der Waals surface area contributed by atoms with Crippen LogP contribution in [-0.4, -0.2) is 24.5 Å².